The first-order valence-electron chi connectivity index (χ1n) is 11.0. The van der Waals surface area contributed by atoms with Crippen molar-refractivity contribution in [2.24, 2.45) is 0 Å². The van der Waals surface area contributed by atoms with Crippen LogP contribution in [0.4, 0.5) is 16.3 Å². The smallest absolute Gasteiger partial charge is 0.415 e. The average Bonchev–Trinajstić information content (AvgIpc) is 3.23. The lowest BCUT2D eigenvalue weighted by molar-refractivity contribution is -0.119. The van der Waals surface area contributed by atoms with E-state index < -0.39 is 22.3 Å². The van der Waals surface area contributed by atoms with Gasteiger partial charge >= 0.3 is 6.09 Å². The van der Waals surface area contributed by atoms with Crippen molar-refractivity contribution in [2.75, 3.05) is 18.1 Å². The van der Waals surface area contributed by atoms with E-state index in [1.54, 1.807) is 35.4 Å². The monoisotopic (exact) mass is 522 g/mol. The Kier molecular flexibility index (Phi) is 7.37. The van der Waals surface area contributed by atoms with E-state index in [1.165, 1.54) is 19.1 Å². The number of aromatic nitrogens is 1. The van der Waals surface area contributed by atoms with Crippen molar-refractivity contribution in [3.63, 3.8) is 0 Å². The molecule has 3 aromatic rings. The Labute approximate surface area is 213 Å². The van der Waals surface area contributed by atoms with Crippen LogP contribution in [0.2, 0.25) is 0 Å². The second-order valence-electron chi connectivity index (χ2n) is 8.10. The molecule has 0 saturated carbocycles. The molecule has 3 heterocycles. The van der Waals surface area contributed by atoms with Crippen LogP contribution in [0.25, 0.3) is 16.0 Å². The lowest BCUT2D eigenvalue weighted by Gasteiger charge is -2.31. The van der Waals surface area contributed by atoms with Crippen LogP contribution >= 0.6 is 0 Å². The van der Waals surface area contributed by atoms with Gasteiger partial charge in [-0.05, 0) is 35.9 Å². The number of carbonyl (C=O) groups is 2. The van der Waals surface area contributed by atoms with Crippen LogP contribution < -0.4 is 15.0 Å². The minimum Gasteiger partial charge on any atom is -0.489 e. The third kappa shape index (κ3) is 5.85. The van der Waals surface area contributed by atoms with Crippen LogP contribution in [0.3, 0.4) is 0 Å². The number of hydrogen-bond acceptors (Lipinski definition) is 7. The number of hydrogen-bond donors (Lipinski definition) is 2. The second-order valence-corrected chi connectivity index (χ2v) is 9.52. The van der Waals surface area contributed by atoms with E-state index >= 15 is 0 Å². The van der Waals surface area contributed by atoms with Crippen LogP contribution in [0.15, 0.2) is 71.8 Å². The predicted molar refractivity (Wildman–Crippen MR) is 133 cm³/mol. The fraction of sp³-hybridized carbons (Fsp3) is 0.200. The number of anilines is 1. The van der Waals surface area contributed by atoms with Crippen molar-refractivity contribution in [1.82, 2.24) is 10.3 Å². The highest BCUT2D eigenvalue weighted by atomic mass is 32.2. The Morgan fingerprint density at radius 2 is 1.92 bits per heavy atom. The summed E-state index contributed by atoms with van der Waals surface area (Å²) in [6, 6.07) is 16.1. The topological polar surface area (TPSA) is 139 Å². The quantitative estimate of drug-likeness (QED) is 0.392. The maximum Gasteiger partial charge on any atom is 0.415 e. The number of pyridine rings is 1. The van der Waals surface area contributed by atoms with Gasteiger partial charge in [0.25, 0.3) is 15.9 Å². The van der Waals surface area contributed by atoms with Gasteiger partial charge in [-0.1, -0.05) is 36.9 Å². The molecule has 1 aromatic heterocycles. The lowest BCUT2D eigenvalue weighted by atomic mass is 10.0. The van der Waals surface area contributed by atoms with Crippen LogP contribution in [0.1, 0.15) is 6.92 Å². The molecule has 0 radical (unpaired) electrons. The molecule has 2 aromatic carbocycles. The Bertz CT molecular complexity index is 1450. The number of fused-ring (bicyclic) bond motifs is 3. The number of carbonyl (C=O) groups excluding carboxylic acids is 2. The molecular weight excluding hydrogens is 500 g/mol. The van der Waals surface area contributed by atoms with Gasteiger partial charge < -0.3 is 19.6 Å². The summed E-state index contributed by atoms with van der Waals surface area (Å²) in [5.41, 5.74) is 2.36. The molecule has 5 rings (SSSR count). The SMILES string of the molecule is O=S(=O)(O)c1ccccc1.[C-]#[N+]c1ccc(-c2ccc3c(c2)OC[C@H]2[C@H](CNC(C)=O)OC(=O)N32)cn1. The van der Waals surface area contributed by atoms with Gasteiger partial charge in [-0.3, -0.25) is 14.2 Å². The van der Waals surface area contributed by atoms with Crippen molar-refractivity contribution in [2.45, 2.75) is 24.0 Å². The Hall–Kier alpha value is -4.47. The molecule has 2 aliphatic heterocycles. The molecule has 2 N–H and O–H groups in total. The summed E-state index contributed by atoms with van der Waals surface area (Å²) in [6.07, 6.45) is 0.726. The summed E-state index contributed by atoms with van der Waals surface area (Å²) < 4.78 is 40.5. The zero-order valence-corrected chi connectivity index (χ0v) is 20.4. The minimum absolute atomic E-state index is 0.0741. The van der Waals surface area contributed by atoms with Gasteiger partial charge in [0.15, 0.2) is 0 Å². The average molecular weight is 523 g/mol. The van der Waals surface area contributed by atoms with Crippen LogP contribution in [0, 0.1) is 6.57 Å². The Morgan fingerprint density at radius 3 is 2.51 bits per heavy atom. The highest BCUT2D eigenvalue weighted by molar-refractivity contribution is 7.85. The molecule has 0 spiro atoms. The van der Waals surface area contributed by atoms with Gasteiger partial charge in [0.05, 0.1) is 17.1 Å². The summed E-state index contributed by atoms with van der Waals surface area (Å²) in [7, 11) is -4.00. The van der Waals surface area contributed by atoms with E-state index in [0.29, 0.717) is 17.3 Å². The second kappa shape index (κ2) is 10.7. The third-order valence-corrected chi connectivity index (χ3v) is 6.50. The lowest BCUT2D eigenvalue weighted by Crippen LogP contribution is -2.47. The highest BCUT2D eigenvalue weighted by Crippen LogP contribution is 2.41. The fourth-order valence-corrected chi connectivity index (χ4v) is 4.35. The summed E-state index contributed by atoms with van der Waals surface area (Å²) in [6.45, 7) is 8.92. The van der Waals surface area contributed by atoms with E-state index in [9.17, 15) is 18.0 Å². The van der Waals surface area contributed by atoms with Gasteiger partial charge in [0.2, 0.25) is 5.91 Å². The van der Waals surface area contributed by atoms with Crippen molar-refractivity contribution in [3.05, 3.63) is 78.3 Å². The van der Waals surface area contributed by atoms with Crippen LogP contribution in [0.5, 0.6) is 5.75 Å². The van der Waals surface area contributed by atoms with E-state index in [4.69, 9.17) is 20.6 Å². The first kappa shape index (κ1) is 25.6. The summed E-state index contributed by atoms with van der Waals surface area (Å²) in [5.74, 6) is 0.736. The maximum absolute atomic E-state index is 12.3. The molecule has 12 heteroatoms. The predicted octanol–water partition coefficient (Wildman–Crippen LogP) is 3.45. The zero-order chi connectivity index (χ0) is 26.6. The standard InChI is InChI=1S/C19H16N4O4.C6H6O3S/c1-11(24)21-9-17-15-10-26-16-7-12(13-4-6-18(20-2)22-8-13)3-5-14(16)23(15)19(25)27-17;7-10(8,9)6-4-2-1-3-5-6/h3-8,15,17H,9-10H2,1H3,(H,21,24);1-5H,(H,7,8,9)/t15-,17-;/m0./s1. The summed E-state index contributed by atoms with van der Waals surface area (Å²) >= 11 is 0. The van der Waals surface area contributed by atoms with E-state index in [0.717, 1.165) is 11.1 Å². The highest BCUT2D eigenvalue weighted by Gasteiger charge is 2.46. The third-order valence-electron chi connectivity index (χ3n) is 5.63. The minimum atomic E-state index is -4.00. The number of rotatable bonds is 4. The van der Waals surface area contributed by atoms with Crippen molar-refractivity contribution < 1.29 is 32.0 Å². The normalized spacial score (nSPS) is 17.6. The molecule has 0 unspecified atom stereocenters. The molecule has 37 heavy (non-hydrogen) atoms. The van der Waals surface area contributed by atoms with Gasteiger partial charge in [0.1, 0.15) is 30.7 Å². The largest absolute Gasteiger partial charge is 0.489 e. The fourth-order valence-electron chi connectivity index (χ4n) is 3.85. The summed E-state index contributed by atoms with van der Waals surface area (Å²) in [4.78, 5) is 32.4. The molecule has 2 atom stereocenters. The van der Waals surface area contributed by atoms with E-state index in [-0.39, 0.29) is 30.0 Å². The van der Waals surface area contributed by atoms with E-state index in [2.05, 4.69) is 15.1 Å². The number of nitrogens with zero attached hydrogens (tertiary/aromatic N) is 3. The van der Waals surface area contributed by atoms with E-state index in [1.807, 2.05) is 24.3 Å². The molecule has 2 aliphatic rings. The zero-order valence-electron chi connectivity index (χ0n) is 19.6. The van der Waals surface area contributed by atoms with Gasteiger partial charge in [0, 0.05) is 12.5 Å². The molecular formula is C25H22N4O7S. The first-order valence-corrected chi connectivity index (χ1v) is 12.5. The van der Waals surface area contributed by atoms with Gasteiger partial charge in [-0.2, -0.15) is 8.42 Å². The molecule has 190 valence electrons. The molecule has 11 nitrogen and oxygen atoms in total. The number of benzene rings is 2. The molecule has 1 saturated heterocycles. The molecule has 0 bridgehead atoms. The van der Waals surface area contributed by atoms with Crippen molar-refractivity contribution in [3.8, 4) is 16.9 Å². The number of nitrogens with one attached hydrogen (secondary N) is 1. The van der Waals surface area contributed by atoms with Crippen molar-refractivity contribution >= 4 is 33.6 Å². The van der Waals surface area contributed by atoms with Crippen LogP contribution in [-0.2, 0) is 19.6 Å². The Balaban J connectivity index is 0.000000270. The molecule has 0 aliphatic carbocycles. The van der Waals surface area contributed by atoms with Crippen molar-refractivity contribution in [1.29, 1.82) is 0 Å². The van der Waals surface area contributed by atoms with Crippen LogP contribution in [-0.4, -0.2) is 55.3 Å². The van der Waals surface area contributed by atoms with Gasteiger partial charge in [-0.25, -0.2) is 4.79 Å². The number of ether oxygens (including phenoxy) is 2. The maximum atomic E-state index is 12.3. The first-order chi connectivity index (χ1) is 17.7. The molecule has 2 amide bonds. The van der Waals surface area contributed by atoms with Gasteiger partial charge in [-0.15, -0.1) is 4.98 Å². The molecule has 1 fully saturated rings. The Morgan fingerprint density at radius 1 is 1.19 bits per heavy atom. The number of cyclic esters (lactones) is 1. The number of amides is 2. The summed E-state index contributed by atoms with van der Waals surface area (Å²) in [5, 5.41) is 2.68.